The highest BCUT2D eigenvalue weighted by atomic mass is 16.4. The van der Waals surface area contributed by atoms with Crippen LogP contribution in [0.5, 0.6) is 0 Å². The molecule has 0 saturated heterocycles. The van der Waals surface area contributed by atoms with Gasteiger partial charge in [-0.3, -0.25) is 14.9 Å². The minimum Gasteiger partial charge on any atom is -0.480 e. The number of carboxylic acid groups (broad SMARTS) is 1. The van der Waals surface area contributed by atoms with Crippen LogP contribution in [0, 0.1) is 0 Å². The van der Waals surface area contributed by atoms with E-state index in [-0.39, 0.29) is 18.9 Å². The molecule has 9 heteroatoms. The number of carbonyl (C=O) groups excluding carboxylic acids is 1. The lowest BCUT2D eigenvalue weighted by Gasteiger charge is -2.09. The normalized spacial score (nSPS) is 12.4. The van der Waals surface area contributed by atoms with Crippen molar-refractivity contribution < 1.29 is 14.7 Å². The molecule has 0 aliphatic carbocycles. The van der Waals surface area contributed by atoms with Crippen molar-refractivity contribution in [2.75, 3.05) is 0 Å². The highest BCUT2D eigenvalue weighted by Gasteiger charge is 2.13. The third kappa shape index (κ3) is 5.30. The van der Waals surface area contributed by atoms with E-state index >= 15 is 0 Å². The van der Waals surface area contributed by atoms with Crippen molar-refractivity contribution in [3.8, 4) is 5.69 Å². The van der Waals surface area contributed by atoms with Gasteiger partial charge in [-0.15, -0.1) is 0 Å². The van der Waals surface area contributed by atoms with Crippen LogP contribution in [0.2, 0.25) is 0 Å². The van der Waals surface area contributed by atoms with E-state index in [0.717, 1.165) is 16.8 Å². The maximum absolute atomic E-state index is 12.4. The van der Waals surface area contributed by atoms with Crippen molar-refractivity contribution >= 4 is 17.8 Å². The summed E-state index contributed by atoms with van der Waals surface area (Å²) in [5, 5.41) is 15.6. The summed E-state index contributed by atoms with van der Waals surface area (Å²) in [4.78, 5) is 27.4. The second-order valence-electron chi connectivity index (χ2n) is 6.58. The lowest BCUT2D eigenvalue weighted by Crippen LogP contribution is -2.36. The average molecular weight is 406 g/mol. The van der Waals surface area contributed by atoms with Crippen LogP contribution in [0.1, 0.15) is 21.5 Å². The maximum atomic E-state index is 12.4. The van der Waals surface area contributed by atoms with Crippen LogP contribution in [-0.2, 0) is 17.8 Å². The number of carbonyl (C=O) groups is 2. The molecule has 1 atom stereocenters. The summed E-state index contributed by atoms with van der Waals surface area (Å²) >= 11 is 0. The smallest absolute Gasteiger partial charge is 0.320 e. The van der Waals surface area contributed by atoms with Crippen LogP contribution in [0.3, 0.4) is 0 Å². The molecule has 154 valence electrons. The molecule has 0 fully saturated rings. The summed E-state index contributed by atoms with van der Waals surface area (Å²) < 4.78 is 1.73. The molecule has 2 aromatic carbocycles. The number of carboxylic acids is 1. The Morgan fingerprint density at radius 1 is 1.13 bits per heavy atom. The molecule has 9 nitrogen and oxygen atoms in total. The SMILES string of the molecule is NC(=NCc1ccccc1-n1cccn1)NC(=O)c1ccc(C[C@H](N)C(=O)O)cc1. The first-order chi connectivity index (χ1) is 14.4. The van der Waals surface area contributed by atoms with Crippen molar-refractivity contribution in [3.05, 3.63) is 83.7 Å². The van der Waals surface area contributed by atoms with E-state index in [1.807, 2.05) is 36.5 Å². The van der Waals surface area contributed by atoms with Gasteiger partial charge in [-0.2, -0.15) is 5.10 Å². The van der Waals surface area contributed by atoms with Gasteiger partial charge in [0, 0.05) is 18.0 Å². The van der Waals surface area contributed by atoms with Crippen LogP contribution in [-0.4, -0.2) is 38.8 Å². The van der Waals surface area contributed by atoms with Gasteiger partial charge in [-0.1, -0.05) is 30.3 Å². The van der Waals surface area contributed by atoms with E-state index < -0.39 is 17.9 Å². The Morgan fingerprint density at radius 3 is 2.53 bits per heavy atom. The van der Waals surface area contributed by atoms with E-state index in [0.29, 0.717) is 5.56 Å². The fraction of sp³-hybridized carbons (Fsp3) is 0.143. The predicted octanol–water partition coefficient (Wildman–Crippen LogP) is 1.07. The highest BCUT2D eigenvalue weighted by molar-refractivity contribution is 6.05. The first-order valence-electron chi connectivity index (χ1n) is 9.20. The summed E-state index contributed by atoms with van der Waals surface area (Å²) in [5.41, 5.74) is 14.3. The molecule has 0 saturated carbocycles. The third-order valence-electron chi connectivity index (χ3n) is 4.39. The van der Waals surface area contributed by atoms with Gasteiger partial charge >= 0.3 is 5.97 Å². The number of aliphatic imine (C=N–C) groups is 1. The molecule has 0 unspecified atom stereocenters. The zero-order chi connectivity index (χ0) is 21.5. The van der Waals surface area contributed by atoms with Gasteiger partial charge in [0.15, 0.2) is 5.96 Å². The summed E-state index contributed by atoms with van der Waals surface area (Å²) in [6.45, 7) is 0.272. The van der Waals surface area contributed by atoms with Gasteiger partial charge in [-0.05, 0) is 41.8 Å². The van der Waals surface area contributed by atoms with Crippen molar-refractivity contribution in [3.63, 3.8) is 0 Å². The van der Waals surface area contributed by atoms with E-state index in [9.17, 15) is 9.59 Å². The summed E-state index contributed by atoms with van der Waals surface area (Å²) in [7, 11) is 0. The van der Waals surface area contributed by atoms with Gasteiger partial charge in [0.05, 0.1) is 12.2 Å². The maximum Gasteiger partial charge on any atom is 0.320 e. The number of guanidine groups is 1. The van der Waals surface area contributed by atoms with Crippen LogP contribution >= 0.6 is 0 Å². The second kappa shape index (κ2) is 9.48. The van der Waals surface area contributed by atoms with Crippen molar-refractivity contribution in [1.82, 2.24) is 15.1 Å². The van der Waals surface area contributed by atoms with Gasteiger partial charge < -0.3 is 16.6 Å². The minimum absolute atomic E-state index is 0.00718. The zero-order valence-electron chi connectivity index (χ0n) is 16.1. The van der Waals surface area contributed by atoms with Gasteiger partial charge in [-0.25, -0.2) is 9.67 Å². The van der Waals surface area contributed by atoms with Crippen molar-refractivity contribution in [2.45, 2.75) is 19.0 Å². The standard InChI is InChI=1S/C21H22N6O3/c22-17(20(29)30)12-14-6-8-15(9-7-14)19(28)26-21(23)24-13-16-4-1-2-5-18(16)27-11-3-10-25-27/h1-11,17H,12-13,22H2,(H,29,30)(H3,23,24,26,28)/t17-/m0/s1. The van der Waals surface area contributed by atoms with E-state index in [2.05, 4.69) is 15.4 Å². The molecule has 1 heterocycles. The highest BCUT2D eigenvalue weighted by Crippen LogP contribution is 2.14. The van der Waals surface area contributed by atoms with E-state index in [1.165, 1.54) is 0 Å². The molecule has 0 spiro atoms. The first-order valence-corrected chi connectivity index (χ1v) is 9.20. The molecule has 1 aromatic heterocycles. The number of hydrogen-bond acceptors (Lipinski definition) is 5. The summed E-state index contributed by atoms with van der Waals surface area (Å²) in [6.07, 6.45) is 3.70. The van der Waals surface area contributed by atoms with E-state index in [1.54, 1.807) is 35.1 Å². The molecule has 3 aromatic rings. The number of aromatic nitrogens is 2. The molecule has 0 aliphatic heterocycles. The number of nitrogens with zero attached hydrogens (tertiary/aromatic N) is 3. The Labute approximate surface area is 173 Å². The number of nitrogens with one attached hydrogen (secondary N) is 1. The summed E-state index contributed by atoms with van der Waals surface area (Å²) in [6, 6.07) is 15.0. The molecule has 0 radical (unpaired) electrons. The number of aliphatic carboxylic acids is 1. The van der Waals surface area contributed by atoms with Gasteiger partial charge in [0.25, 0.3) is 5.91 Å². The molecule has 1 amide bonds. The Hall–Kier alpha value is -3.98. The Balaban J connectivity index is 1.62. The molecular formula is C21H22N6O3. The number of para-hydroxylation sites is 1. The van der Waals surface area contributed by atoms with Crippen molar-refractivity contribution in [2.24, 2.45) is 16.5 Å². The third-order valence-corrected chi connectivity index (χ3v) is 4.39. The van der Waals surface area contributed by atoms with Gasteiger partial charge in [0.2, 0.25) is 0 Å². The molecule has 0 bridgehead atoms. The largest absolute Gasteiger partial charge is 0.480 e. The van der Waals surface area contributed by atoms with Crippen LogP contribution in [0.15, 0.2) is 72.0 Å². The number of amides is 1. The van der Waals surface area contributed by atoms with Crippen LogP contribution in [0.4, 0.5) is 0 Å². The van der Waals surface area contributed by atoms with Crippen molar-refractivity contribution in [1.29, 1.82) is 0 Å². The number of hydrogen-bond donors (Lipinski definition) is 4. The second-order valence-corrected chi connectivity index (χ2v) is 6.58. The Bertz CT molecular complexity index is 1040. The average Bonchev–Trinajstić information content (AvgIpc) is 3.27. The topological polar surface area (TPSA) is 149 Å². The van der Waals surface area contributed by atoms with Crippen LogP contribution in [0.25, 0.3) is 5.69 Å². The molecular weight excluding hydrogens is 384 g/mol. The van der Waals surface area contributed by atoms with Gasteiger partial charge in [0.1, 0.15) is 6.04 Å². The number of nitrogens with two attached hydrogens (primary N) is 2. The minimum atomic E-state index is -1.07. The summed E-state index contributed by atoms with van der Waals surface area (Å²) in [5.74, 6) is -1.49. The lowest BCUT2D eigenvalue weighted by atomic mass is 10.0. The zero-order valence-corrected chi connectivity index (χ0v) is 16.1. The number of rotatable bonds is 7. The Morgan fingerprint density at radius 2 is 1.87 bits per heavy atom. The fourth-order valence-corrected chi connectivity index (χ4v) is 2.81. The van der Waals surface area contributed by atoms with E-state index in [4.69, 9.17) is 16.6 Å². The fourth-order valence-electron chi connectivity index (χ4n) is 2.81. The molecule has 6 N–H and O–H groups in total. The first kappa shape index (κ1) is 20.7. The number of benzene rings is 2. The van der Waals surface area contributed by atoms with Crippen LogP contribution < -0.4 is 16.8 Å². The quantitative estimate of drug-likeness (QED) is 0.341. The molecule has 3 rings (SSSR count). The monoisotopic (exact) mass is 406 g/mol. The lowest BCUT2D eigenvalue weighted by molar-refractivity contribution is -0.138. The Kier molecular flexibility index (Phi) is 6.56. The molecule has 0 aliphatic rings. The molecule has 30 heavy (non-hydrogen) atoms. The predicted molar refractivity (Wildman–Crippen MR) is 112 cm³/mol.